The van der Waals surface area contributed by atoms with Crippen LogP contribution < -0.4 is 5.32 Å². The molecule has 1 fully saturated rings. The highest BCUT2D eigenvalue weighted by Gasteiger charge is 2.21. The Morgan fingerprint density at radius 1 is 1.38 bits per heavy atom. The summed E-state index contributed by atoms with van der Waals surface area (Å²) in [4.78, 5) is 2.29. The van der Waals surface area contributed by atoms with E-state index in [0.29, 0.717) is 12.6 Å². The Labute approximate surface area is 132 Å². The number of nitrogens with one attached hydrogen (secondary N) is 1. The molecule has 1 aliphatic rings. The van der Waals surface area contributed by atoms with Gasteiger partial charge in [0.05, 0.1) is 0 Å². The van der Waals surface area contributed by atoms with Gasteiger partial charge in [-0.15, -0.1) is 0 Å². The summed E-state index contributed by atoms with van der Waals surface area (Å²) in [6.45, 7) is 7.90. The predicted octanol–water partition coefficient (Wildman–Crippen LogP) is 3.65. The smallest absolute Gasteiger partial charge is 0.127 e. The normalized spacial score (nSPS) is 19.4. The van der Waals surface area contributed by atoms with Gasteiger partial charge in [-0.05, 0) is 51.6 Å². The Balaban J connectivity index is 2.01. The Morgan fingerprint density at radius 3 is 2.76 bits per heavy atom. The molecule has 1 atom stereocenters. The number of thioether (sulfide) groups is 1. The summed E-state index contributed by atoms with van der Waals surface area (Å²) in [6, 6.07) is 6.08. The average molecular weight is 310 g/mol. The van der Waals surface area contributed by atoms with E-state index in [4.69, 9.17) is 0 Å². The van der Waals surface area contributed by atoms with Crippen molar-refractivity contribution in [3.8, 4) is 0 Å². The second kappa shape index (κ2) is 7.12. The molecule has 1 unspecified atom stereocenters. The quantitative estimate of drug-likeness (QED) is 0.893. The van der Waals surface area contributed by atoms with Gasteiger partial charge in [-0.3, -0.25) is 4.90 Å². The summed E-state index contributed by atoms with van der Waals surface area (Å²) < 4.78 is 14.0. The van der Waals surface area contributed by atoms with Crippen LogP contribution in [0.25, 0.3) is 0 Å². The predicted molar refractivity (Wildman–Crippen MR) is 90.2 cm³/mol. The molecule has 1 heterocycles. The maximum absolute atomic E-state index is 14.0. The van der Waals surface area contributed by atoms with Crippen molar-refractivity contribution >= 4 is 11.8 Å². The molecule has 0 bridgehead atoms. The molecule has 0 aliphatic carbocycles. The Bertz CT molecular complexity index is 464. The zero-order valence-corrected chi connectivity index (χ0v) is 14.4. The molecule has 118 valence electrons. The molecule has 1 saturated heterocycles. The van der Waals surface area contributed by atoms with E-state index in [2.05, 4.69) is 38.0 Å². The minimum atomic E-state index is -0.0907. The molecule has 2 rings (SSSR count). The first kappa shape index (κ1) is 16.8. The van der Waals surface area contributed by atoms with E-state index in [1.165, 1.54) is 17.9 Å². The summed E-state index contributed by atoms with van der Waals surface area (Å²) in [5, 5.41) is 3.45. The second-order valence-electron chi connectivity index (χ2n) is 6.96. The summed E-state index contributed by atoms with van der Waals surface area (Å²) in [5.74, 6) is 2.31. The van der Waals surface area contributed by atoms with Crippen LogP contribution in [0.5, 0.6) is 0 Å². The second-order valence-corrected chi connectivity index (χ2v) is 8.11. The van der Waals surface area contributed by atoms with E-state index in [1.807, 2.05) is 23.9 Å². The maximum Gasteiger partial charge on any atom is 0.127 e. The number of nitrogens with zero attached hydrogens (tertiary/aromatic N) is 1. The van der Waals surface area contributed by atoms with E-state index < -0.39 is 0 Å². The molecule has 0 saturated carbocycles. The Hall–Kier alpha value is -0.580. The van der Waals surface area contributed by atoms with Gasteiger partial charge in [0, 0.05) is 36.0 Å². The van der Waals surface area contributed by atoms with Gasteiger partial charge in [-0.1, -0.05) is 12.1 Å². The maximum atomic E-state index is 14.0. The number of rotatable bonds is 5. The number of halogens is 1. The Kier molecular flexibility index (Phi) is 5.69. The zero-order valence-electron chi connectivity index (χ0n) is 13.6. The van der Waals surface area contributed by atoms with Crippen LogP contribution in [-0.2, 0) is 13.1 Å². The van der Waals surface area contributed by atoms with Gasteiger partial charge >= 0.3 is 0 Å². The zero-order chi connectivity index (χ0) is 15.5. The fourth-order valence-corrected chi connectivity index (χ4v) is 3.79. The first-order valence-electron chi connectivity index (χ1n) is 7.65. The monoisotopic (exact) mass is 310 g/mol. The molecule has 1 aromatic carbocycles. The van der Waals surface area contributed by atoms with Crippen molar-refractivity contribution in [1.82, 2.24) is 10.2 Å². The van der Waals surface area contributed by atoms with Crippen LogP contribution in [0.3, 0.4) is 0 Å². The van der Waals surface area contributed by atoms with Crippen LogP contribution in [-0.4, -0.2) is 35.0 Å². The van der Waals surface area contributed by atoms with Gasteiger partial charge in [-0.2, -0.15) is 11.8 Å². The molecule has 21 heavy (non-hydrogen) atoms. The van der Waals surface area contributed by atoms with E-state index >= 15 is 0 Å². The fraction of sp³-hybridized carbons (Fsp3) is 0.647. The number of hydrogen-bond donors (Lipinski definition) is 1. The van der Waals surface area contributed by atoms with Crippen LogP contribution in [0, 0.1) is 5.82 Å². The highest BCUT2D eigenvalue weighted by atomic mass is 32.2. The molecular weight excluding hydrogens is 283 g/mol. The minimum absolute atomic E-state index is 0.0758. The van der Waals surface area contributed by atoms with Crippen LogP contribution in [0.2, 0.25) is 0 Å². The minimum Gasteiger partial charge on any atom is -0.308 e. The molecular formula is C17H27FN2S. The standard InChI is InChI=1S/C17H27FN2S/c1-17(2,3)19-10-13-5-6-16(18)14(9-13)11-20(4)15-7-8-21-12-15/h5-6,9,15,19H,7-8,10-12H2,1-4H3. The third kappa shape index (κ3) is 5.28. The average Bonchev–Trinajstić information content (AvgIpc) is 2.92. The highest BCUT2D eigenvalue weighted by molar-refractivity contribution is 7.99. The van der Waals surface area contributed by atoms with Crippen molar-refractivity contribution in [2.75, 3.05) is 18.6 Å². The first-order valence-corrected chi connectivity index (χ1v) is 8.81. The molecule has 0 amide bonds. The molecule has 1 N–H and O–H groups in total. The highest BCUT2D eigenvalue weighted by Crippen LogP contribution is 2.23. The molecule has 1 aromatic rings. The SMILES string of the molecule is CN(Cc1cc(CNC(C)(C)C)ccc1F)C1CCSC1. The summed E-state index contributed by atoms with van der Waals surface area (Å²) in [6.07, 6.45) is 1.22. The summed E-state index contributed by atoms with van der Waals surface area (Å²) in [5.41, 5.74) is 2.03. The largest absolute Gasteiger partial charge is 0.308 e. The van der Waals surface area contributed by atoms with Crippen LogP contribution in [0.15, 0.2) is 18.2 Å². The van der Waals surface area contributed by atoms with Crippen molar-refractivity contribution in [2.24, 2.45) is 0 Å². The lowest BCUT2D eigenvalue weighted by atomic mass is 10.1. The third-order valence-corrected chi connectivity index (χ3v) is 5.03. The van der Waals surface area contributed by atoms with E-state index in [-0.39, 0.29) is 11.4 Å². The Morgan fingerprint density at radius 2 is 2.14 bits per heavy atom. The van der Waals surface area contributed by atoms with Gasteiger partial charge in [0.2, 0.25) is 0 Å². The molecule has 2 nitrogen and oxygen atoms in total. The first-order chi connectivity index (χ1) is 9.85. The lowest BCUT2D eigenvalue weighted by Crippen LogP contribution is -2.35. The van der Waals surface area contributed by atoms with Crippen LogP contribution >= 0.6 is 11.8 Å². The molecule has 0 aromatic heterocycles. The summed E-state index contributed by atoms with van der Waals surface area (Å²) >= 11 is 1.99. The van der Waals surface area contributed by atoms with Crippen molar-refractivity contribution < 1.29 is 4.39 Å². The number of benzene rings is 1. The van der Waals surface area contributed by atoms with E-state index in [9.17, 15) is 4.39 Å². The van der Waals surface area contributed by atoms with Gasteiger partial charge in [0.1, 0.15) is 5.82 Å². The summed E-state index contributed by atoms with van der Waals surface area (Å²) in [7, 11) is 2.11. The topological polar surface area (TPSA) is 15.3 Å². The van der Waals surface area contributed by atoms with Crippen LogP contribution in [0.4, 0.5) is 4.39 Å². The van der Waals surface area contributed by atoms with E-state index in [0.717, 1.165) is 17.7 Å². The van der Waals surface area contributed by atoms with E-state index in [1.54, 1.807) is 6.07 Å². The number of hydrogen-bond acceptors (Lipinski definition) is 3. The van der Waals surface area contributed by atoms with Gasteiger partial charge in [0.15, 0.2) is 0 Å². The van der Waals surface area contributed by atoms with Crippen molar-refractivity contribution in [1.29, 1.82) is 0 Å². The lowest BCUT2D eigenvalue weighted by molar-refractivity contribution is 0.251. The van der Waals surface area contributed by atoms with Crippen molar-refractivity contribution in [3.05, 3.63) is 35.1 Å². The molecule has 0 spiro atoms. The molecule has 0 radical (unpaired) electrons. The van der Waals surface area contributed by atoms with Crippen LogP contribution in [0.1, 0.15) is 38.3 Å². The molecule has 1 aliphatic heterocycles. The third-order valence-electron chi connectivity index (χ3n) is 3.88. The fourth-order valence-electron chi connectivity index (χ4n) is 2.49. The van der Waals surface area contributed by atoms with Crippen molar-refractivity contribution in [3.63, 3.8) is 0 Å². The van der Waals surface area contributed by atoms with Gasteiger partial charge in [0.25, 0.3) is 0 Å². The van der Waals surface area contributed by atoms with Gasteiger partial charge in [-0.25, -0.2) is 4.39 Å². The van der Waals surface area contributed by atoms with Crippen molar-refractivity contribution in [2.45, 2.75) is 51.9 Å². The van der Waals surface area contributed by atoms with Gasteiger partial charge < -0.3 is 5.32 Å². The lowest BCUT2D eigenvalue weighted by Gasteiger charge is -2.24. The molecule has 4 heteroatoms.